The van der Waals surface area contributed by atoms with Gasteiger partial charge in [0.15, 0.2) is 12.1 Å². The van der Waals surface area contributed by atoms with Crippen LogP contribution < -0.4 is 0 Å². The maximum atomic E-state index is 13.1. The van der Waals surface area contributed by atoms with E-state index >= 15 is 0 Å². The third-order valence-electron chi connectivity index (χ3n) is 8.29. The maximum Gasteiger partial charge on any atom is 0.410 e. The molecule has 0 aromatic rings. The van der Waals surface area contributed by atoms with Gasteiger partial charge in [-0.25, -0.2) is 4.79 Å². The average Bonchev–Trinajstić information content (AvgIpc) is 3.46. The number of ether oxygens (including phenoxy) is 6. The Hall–Kier alpha value is -0.970. The summed E-state index contributed by atoms with van der Waals surface area (Å²) in [6.07, 6.45) is 4.93. The lowest BCUT2D eigenvalue weighted by Gasteiger charge is -2.40. The van der Waals surface area contributed by atoms with E-state index in [1.807, 2.05) is 34.6 Å². The molecule has 4 aliphatic heterocycles. The molecule has 5 rings (SSSR count). The zero-order valence-corrected chi connectivity index (χ0v) is 22.5. The summed E-state index contributed by atoms with van der Waals surface area (Å²) < 4.78 is 36.3. The van der Waals surface area contributed by atoms with Crippen LogP contribution >= 0.6 is 0 Å². The van der Waals surface area contributed by atoms with E-state index in [-0.39, 0.29) is 42.5 Å². The Labute approximate surface area is 215 Å². The molecule has 2 bridgehead atoms. The molecular formula is C27H45NO8. The smallest absolute Gasteiger partial charge is 0.410 e. The van der Waals surface area contributed by atoms with Crippen molar-refractivity contribution in [1.29, 1.82) is 0 Å². The van der Waals surface area contributed by atoms with Gasteiger partial charge in [0.05, 0.1) is 31.9 Å². The topological polar surface area (TPSA) is 95.9 Å². The lowest BCUT2D eigenvalue weighted by Crippen LogP contribution is -2.52. The standard InChI is InChI=1S/C27H45NO8/c1-26(2,3)36-25(30)28-13-19-23(35-27(4,5)34-19)18(28)12-11-17-21(29)20-15-32-24(33-20)22(17)31-14-16-9-7-6-8-10-16/h16-24,29H,6-15H2,1-5H3/t17-,18-,19-,20+,21+,22+,23+,24+/m0/s1. The molecule has 0 radical (unpaired) electrons. The number of likely N-dealkylation sites (tertiary alicyclic amines) is 1. The molecule has 5 aliphatic rings. The lowest BCUT2D eigenvalue weighted by molar-refractivity contribution is -0.230. The van der Waals surface area contributed by atoms with Gasteiger partial charge in [0, 0.05) is 5.92 Å². The minimum Gasteiger partial charge on any atom is -0.444 e. The molecule has 1 N–H and O–H groups in total. The van der Waals surface area contributed by atoms with Crippen LogP contribution in [0.5, 0.6) is 0 Å². The van der Waals surface area contributed by atoms with Crippen molar-refractivity contribution in [3.8, 4) is 0 Å². The molecular weight excluding hydrogens is 466 g/mol. The minimum atomic E-state index is -0.690. The molecule has 1 aliphatic carbocycles. The third kappa shape index (κ3) is 5.71. The van der Waals surface area contributed by atoms with Crippen molar-refractivity contribution in [3.05, 3.63) is 0 Å². The van der Waals surface area contributed by atoms with Gasteiger partial charge in [-0.1, -0.05) is 19.3 Å². The number of hydrogen-bond donors (Lipinski definition) is 1. The highest BCUT2D eigenvalue weighted by atomic mass is 16.8. The quantitative estimate of drug-likeness (QED) is 0.578. The van der Waals surface area contributed by atoms with Crippen molar-refractivity contribution >= 4 is 6.09 Å². The highest BCUT2D eigenvalue weighted by Crippen LogP contribution is 2.42. The van der Waals surface area contributed by atoms with Crippen LogP contribution in [-0.2, 0) is 28.4 Å². The Balaban J connectivity index is 1.28. The number of nitrogens with zero attached hydrogens (tertiary/aromatic N) is 1. The third-order valence-corrected chi connectivity index (χ3v) is 8.29. The van der Waals surface area contributed by atoms with Gasteiger partial charge in [-0.15, -0.1) is 0 Å². The van der Waals surface area contributed by atoms with Crippen molar-refractivity contribution in [2.75, 3.05) is 19.8 Å². The molecule has 4 heterocycles. The van der Waals surface area contributed by atoms with Crippen LogP contribution in [0.4, 0.5) is 4.79 Å². The highest BCUT2D eigenvalue weighted by Gasteiger charge is 2.56. The molecule has 206 valence electrons. The van der Waals surface area contributed by atoms with Crippen molar-refractivity contribution in [3.63, 3.8) is 0 Å². The number of aliphatic hydroxyl groups excluding tert-OH is 1. The van der Waals surface area contributed by atoms with Crippen molar-refractivity contribution in [2.24, 2.45) is 11.8 Å². The first-order chi connectivity index (χ1) is 17.0. The monoisotopic (exact) mass is 511 g/mol. The number of fused-ring (bicyclic) bond motifs is 3. The van der Waals surface area contributed by atoms with E-state index in [2.05, 4.69) is 0 Å². The van der Waals surface area contributed by atoms with E-state index in [0.29, 0.717) is 38.5 Å². The summed E-state index contributed by atoms with van der Waals surface area (Å²) in [4.78, 5) is 14.9. The van der Waals surface area contributed by atoms with Crippen molar-refractivity contribution in [1.82, 2.24) is 4.90 Å². The maximum absolute atomic E-state index is 13.1. The van der Waals surface area contributed by atoms with Gasteiger partial charge in [0.2, 0.25) is 0 Å². The second-order valence-corrected chi connectivity index (χ2v) is 12.7. The van der Waals surface area contributed by atoms with Gasteiger partial charge in [0.1, 0.15) is 30.0 Å². The molecule has 4 saturated heterocycles. The first-order valence-corrected chi connectivity index (χ1v) is 13.9. The van der Waals surface area contributed by atoms with Gasteiger partial charge in [0.25, 0.3) is 0 Å². The number of amides is 1. The zero-order chi connectivity index (χ0) is 25.7. The minimum absolute atomic E-state index is 0.144. The molecule has 36 heavy (non-hydrogen) atoms. The molecule has 0 aromatic carbocycles. The number of carbonyl (C=O) groups is 1. The van der Waals surface area contributed by atoms with E-state index in [0.717, 1.165) is 0 Å². The van der Waals surface area contributed by atoms with Crippen LogP contribution in [0, 0.1) is 11.8 Å². The van der Waals surface area contributed by atoms with Crippen LogP contribution in [0.25, 0.3) is 0 Å². The van der Waals surface area contributed by atoms with Gasteiger partial charge >= 0.3 is 6.09 Å². The van der Waals surface area contributed by atoms with Crippen molar-refractivity contribution < 1.29 is 38.3 Å². The normalized spacial score (nSPS) is 40.4. The van der Waals surface area contributed by atoms with E-state index < -0.39 is 23.8 Å². The van der Waals surface area contributed by atoms with E-state index in [1.165, 1.54) is 32.1 Å². The molecule has 9 heteroatoms. The molecule has 9 nitrogen and oxygen atoms in total. The van der Waals surface area contributed by atoms with E-state index in [9.17, 15) is 9.90 Å². The fourth-order valence-corrected chi connectivity index (χ4v) is 6.65. The first kappa shape index (κ1) is 26.6. The first-order valence-electron chi connectivity index (χ1n) is 13.9. The SMILES string of the molecule is CC(C)(C)OC(=O)N1C[C@@H]2OC(C)(C)O[C@@H]2[C@@H]1CC[C@H]1[C@@H](O)[C@H]2CO[C@H](O2)[C@@H]1OCC1CCCCC1. The predicted octanol–water partition coefficient (Wildman–Crippen LogP) is 3.60. The Morgan fingerprint density at radius 3 is 2.56 bits per heavy atom. The fourth-order valence-electron chi connectivity index (χ4n) is 6.65. The second-order valence-electron chi connectivity index (χ2n) is 12.7. The van der Waals surface area contributed by atoms with Crippen molar-refractivity contribution in [2.45, 2.75) is 134 Å². The molecule has 1 amide bonds. The summed E-state index contributed by atoms with van der Waals surface area (Å²) in [5.74, 6) is -0.278. The molecule has 5 fully saturated rings. The summed E-state index contributed by atoms with van der Waals surface area (Å²) in [5, 5.41) is 11.2. The number of carbonyl (C=O) groups excluding carboxylic acids is 1. The Bertz CT molecular complexity index is 778. The van der Waals surface area contributed by atoms with Crippen LogP contribution in [0.2, 0.25) is 0 Å². The van der Waals surface area contributed by atoms with Gasteiger partial charge < -0.3 is 33.5 Å². The van der Waals surface area contributed by atoms with Crippen LogP contribution in [0.15, 0.2) is 0 Å². The number of aliphatic hydroxyl groups is 1. The Morgan fingerprint density at radius 2 is 1.83 bits per heavy atom. The zero-order valence-electron chi connectivity index (χ0n) is 22.5. The average molecular weight is 512 g/mol. The largest absolute Gasteiger partial charge is 0.444 e. The molecule has 0 unspecified atom stereocenters. The lowest BCUT2D eigenvalue weighted by atomic mass is 9.84. The summed E-state index contributed by atoms with van der Waals surface area (Å²) in [5.41, 5.74) is -0.591. The molecule has 8 atom stereocenters. The summed E-state index contributed by atoms with van der Waals surface area (Å²) in [7, 11) is 0. The fraction of sp³-hybridized carbons (Fsp3) is 0.963. The second kappa shape index (κ2) is 10.3. The number of rotatable bonds is 6. The van der Waals surface area contributed by atoms with E-state index in [4.69, 9.17) is 28.4 Å². The molecule has 0 spiro atoms. The Kier molecular flexibility index (Phi) is 7.62. The van der Waals surface area contributed by atoms with Crippen LogP contribution in [0.1, 0.15) is 79.6 Å². The molecule has 0 aromatic heterocycles. The van der Waals surface area contributed by atoms with Gasteiger partial charge in [-0.05, 0) is 66.2 Å². The summed E-state index contributed by atoms with van der Waals surface area (Å²) in [6, 6.07) is -0.209. The van der Waals surface area contributed by atoms with E-state index in [1.54, 1.807) is 4.90 Å². The van der Waals surface area contributed by atoms with Crippen LogP contribution in [0.3, 0.4) is 0 Å². The Morgan fingerprint density at radius 1 is 1.08 bits per heavy atom. The van der Waals surface area contributed by atoms with Gasteiger partial charge in [-0.2, -0.15) is 0 Å². The predicted molar refractivity (Wildman–Crippen MR) is 130 cm³/mol. The van der Waals surface area contributed by atoms with Crippen LogP contribution in [-0.4, -0.2) is 90.1 Å². The molecule has 1 saturated carbocycles. The van der Waals surface area contributed by atoms with Gasteiger partial charge in [-0.3, -0.25) is 4.90 Å². The summed E-state index contributed by atoms with van der Waals surface area (Å²) in [6.45, 7) is 10.9. The summed E-state index contributed by atoms with van der Waals surface area (Å²) >= 11 is 0. The highest BCUT2D eigenvalue weighted by molar-refractivity contribution is 5.69. The number of hydrogen-bond acceptors (Lipinski definition) is 8.